The zero-order valence-electron chi connectivity index (χ0n) is 15.9. The molecule has 1 aliphatic heterocycles. The molecule has 0 aliphatic carbocycles. The van der Waals surface area contributed by atoms with Crippen molar-refractivity contribution in [3.8, 4) is 11.5 Å². The zero-order valence-corrected chi connectivity index (χ0v) is 15.9. The molecule has 2 rings (SSSR count). The van der Waals surface area contributed by atoms with E-state index < -0.39 is 23.9 Å². The number of amides is 3. The molecule has 1 fully saturated rings. The van der Waals surface area contributed by atoms with E-state index in [1.54, 1.807) is 18.2 Å². The second kappa shape index (κ2) is 8.57. The Labute approximate surface area is 158 Å². The van der Waals surface area contributed by atoms with E-state index in [9.17, 15) is 14.4 Å². The molecular weight excluding hydrogens is 352 g/mol. The third kappa shape index (κ3) is 4.58. The van der Waals surface area contributed by atoms with Gasteiger partial charge in [0, 0.05) is 5.57 Å². The van der Waals surface area contributed by atoms with E-state index in [1.807, 2.05) is 13.8 Å². The van der Waals surface area contributed by atoms with Crippen LogP contribution in [0.2, 0.25) is 0 Å². The van der Waals surface area contributed by atoms with E-state index in [0.717, 1.165) is 4.90 Å². The van der Waals surface area contributed by atoms with Crippen molar-refractivity contribution in [2.75, 3.05) is 27.4 Å². The van der Waals surface area contributed by atoms with Gasteiger partial charge in [-0.25, -0.2) is 9.59 Å². The number of ether oxygens (including phenoxy) is 3. The summed E-state index contributed by atoms with van der Waals surface area (Å²) in [7, 11) is 2.99. The van der Waals surface area contributed by atoms with Crippen molar-refractivity contribution >= 4 is 17.9 Å². The number of rotatable bonds is 8. The van der Waals surface area contributed by atoms with Gasteiger partial charge in [-0.1, -0.05) is 26.5 Å². The van der Waals surface area contributed by atoms with Gasteiger partial charge in [0.25, 0.3) is 5.91 Å². The molecule has 1 aliphatic rings. The predicted octanol–water partition coefficient (Wildman–Crippen LogP) is 2.05. The van der Waals surface area contributed by atoms with Crippen molar-refractivity contribution in [3.05, 3.63) is 35.9 Å². The van der Waals surface area contributed by atoms with Crippen LogP contribution in [0, 0.1) is 5.92 Å². The quantitative estimate of drug-likeness (QED) is 0.424. The highest BCUT2D eigenvalue weighted by Gasteiger charge is 2.40. The topological polar surface area (TPSA) is 94.2 Å². The first-order chi connectivity index (χ1) is 12.8. The average Bonchev–Trinajstić information content (AvgIpc) is 2.93. The number of hydrogen-bond donors (Lipinski definition) is 1. The summed E-state index contributed by atoms with van der Waals surface area (Å²) in [5, 5.41) is 2.60. The zero-order chi connectivity index (χ0) is 20.1. The molecule has 1 aromatic rings. The minimum absolute atomic E-state index is 0.0344. The Kier molecular flexibility index (Phi) is 6.44. The molecule has 8 nitrogen and oxygen atoms in total. The Balaban J connectivity index is 2.10. The maximum absolute atomic E-state index is 12.7. The van der Waals surface area contributed by atoms with Gasteiger partial charge in [-0.15, -0.1) is 0 Å². The number of methoxy groups -OCH3 is 2. The molecule has 0 aromatic heterocycles. The number of nitrogens with zero attached hydrogens (tertiary/aromatic N) is 1. The molecular formula is C19H24N2O6. The Hall–Kier alpha value is -3.03. The SMILES string of the molecule is C=C(CN1C(=O)NC(c2ccc(OC)c(OC)c2)C1=O)C(=O)OCC(C)C. The lowest BCUT2D eigenvalue weighted by atomic mass is 10.1. The van der Waals surface area contributed by atoms with Crippen molar-refractivity contribution in [1.29, 1.82) is 0 Å². The Bertz CT molecular complexity index is 759. The van der Waals surface area contributed by atoms with Gasteiger partial charge in [0.05, 0.1) is 27.4 Å². The van der Waals surface area contributed by atoms with Gasteiger partial charge in [0.15, 0.2) is 11.5 Å². The summed E-state index contributed by atoms with van der Waals surface area (Å²) in [4.78, 5) is 37.8. The Morgan fingerprint density at radius 2 is 1.89 bits per heavy atom. The van der Waals surface area contributed by atoms with Crippen LogP contribution in [0.4, 0.5) is 4.79 Å². The van der Waals surface area contributed by atoms with E-state index in [2.05, 4.69) is 11.9 Å². The van der Waals surface area contributed by atoms with Gasteiger partial charge in [0.2, 0.25) is 0 Å². The average molecular weight is 376 g/mol. The van der Waals surface area contributed by atoms with Crippen LogP contribution < -0.4 is 14.8 Å². The summed E-state index contributed by atoms with van der Waals surface area (Å²) in [6, 6.07) is 3.46. The minimum atomic E-state index is -0.878. The van der Waals surface area contributed by atoms with Crippen LogP contribution in [-0.4, -0.2) is 50.2 Å². The van der Waals surface area contributed by atoms with E-state index in [1.165, 1.54) is 14.2 Å². The summed E-state index contributed by atoms with van der Waals surface area (Å²) >= 11 is 0. The number of esters is 1. The third-order valence-corrected chi connectivity index (χ3v) is 3.95. The number of nitrogens with one attached hydrogen (secondary N) is 1. The largest absolute Gasteiger partial charge is 0.493 e. The maximum atomic E-state index is 12.7. The van der Waals surface area contributed by atoms with Gasteiger partial charge in [0.1, 0.15) is 6.04 Å². The van der Waals surface area contributed by atoms with Crippen LogP contribution in [0.3, 0.4) is 0 Å². The number of urea groups is 1. The van der Waals surface area contributed by atoms with Gasteiger partial charge < -0.3 is 19.5 Å². The standard InChI is InChI=1S/C19H24N2O6/c1-11(2)10-27-18(23)12(3)9-21-17(22)16(20-19(21)24)13-6-7-14(25-4)15(8-13)26-5/h6-8,11,16H,3,9-10H2,1-2,4-5H3,(H,20,24). The molecule has 1 atom stereocenters. The first-order valence-electron chi connectivity index (χ1n) is 8.47. The number of imide groups is 1. The van der Waals surface area contributed by atoms with Crippen molar-refractivity contribution in [1.82, 2.24) is 10.2 Å². The van der Waals surface area contributed by atoms with Crippen molar-refractivity contribution in [3.63, 3.8) is 0 Å². The highest BCUT2D eigenvalue weighted by atomic mass is 16.5. The van der Waals surface area contributed by atoms with Crippen LogP contribution in [0.1, 0.15) is 25.5 Å². The van der Waals surface area contributed by atoms with E-state index >= 15 is 0 Å². The Morgan fingerprint density at radius 3 is 2.48 bits per heavy atom. The van der Waals surface area contributed by atoms with Crippen molar-refractivity contribution in [2.24, 2.45) is 5.92 Å². The smallest absolute Gasteiger partial charge is 0.335 e. The highest BCUT2D eigenvalue weighted by Crippen LogP contribution is 2.32. The van der Waals surface area contributed by atoms with Crippen LogP contribution in [-0.2, 0) is 14.3 Å². The first-order valence-corrected chi connectivity index (χ1v) is 8.47. The van der Waals surface area contributed by atoms with Gasteiger partial charge in [-0.2, -0.15) is 0 Å². The third-order valence-electron chi connectivity index (χ3n) is 3.95. The van der Waals surface area contributed by atoms with E-state index in [4.69, 9.17) is 14.2 Å². The van der Waals surface area contributed by atoms with Gasteiger partial charge in [-0.05, 0) is 23.6 Å². The van der Waals surface area contributed by atoms with Crippen LogP contribution in [0.15, 0.2) is 30.4 Å². The lowest BCUT2D eigenvalue weighted by Gasteiger charge is -2.15. The van der Waals surface area contributed by atoms with Gasteiger partial charge >= 0.3 is 12.0 Å². The molecule has 146 valence electrons. The fraction of sp³-hybridized carbons (Fsp3) is 0.421. The molecule has 1 N–H and O–H groups in total. The number of carbonyl (C=O) groups is 3. The normalized spacial score (nSPS) is 16.3. The molecule has 1 aromatic carbocycles. The van der Waals surface area contributed by atoms with Crippen LogP contribution in [0.5, 0.6) is 11.5 Å². The molecule has 8 heteroatoms. The fourth-order valence-electron chi connectivity index (χ4n) is 2.53. The lowest BCUT2D eigenvalue weighted by Crippen LogP contribution is -2.34. The highest BCUT2D eigenvalue weighted by molar-refractivity contribution is 6.05. The van der Waals surface area contributed by atoms with Gasteiger partial charge in [-0.3, -0.25) is 9.69 Å². The van der Waals surface area contributed by atoms with Crippen LogP contribution in [0.25, 0.3) is 0 Å². The number of hydrogen-bond acceptors (Lipinski definition) is 6. The second-order valence-corrected chi connectivity index (χ2v) is 6.52. The van der Waals surface area contributed by atoms with Crippen molar-refractivity contribution < 1.29 is 28.6 Å². The molecule has 0 saturated carbocycles. The first kappa shape index (κ1) is 20.3. The van der Waals surface area contributed by atoms with E-state index in [-0.39, 0.29) is 24.6 Å². The molecule has 1 unspecified atom stereocenters. The Morgan fingerprint density at radius 1 is 1.22 bits per heavy atom. The summed E-state index contributed by atoms with van der Waals surface area (Å²) < 4.78 is 15.5. The molecule has 0 radical (unpaired) electrons. The predicted molar refractivity (Wildman–Crippen MR) is 97.5 cm³/mol. The van der Waals surface area contributed by atoms with Crippen molar-refractivity contribution in [2.45, 2.75) is 19.9 Å². The molecule has 0 bridgehead atoms. The summed E-state index contributed by atoms with van der Waals surface area (Å²) in [6.07, 6.45) is 0. The maximum Gasteiger partial charge on any atom is 0.335 e. The summed E-state index contributed by atoms with van der Waals surface area (Å²) in [6.45, 7) is 7.45. The molecule has 1 heterocycles. The second-order valence-electron chi connectivity index (χ2n) is 6.52. The number of benzene rings is 1. The molecule has 0 spiro atoms. The molecule has 3 amide bonds. The number of carbonyl (C=O) groups excluding carboxylic acids is 3. The van der Waals surface area contributed by atoms with Crippen LogP contribution >= 0.6 is 0 Å². The summed E-state index contributed by atoms with van der Waals surface area (Å²) in [5.41, 5.74) is 0.577. The summed E-state index contributed by atoms with van der Waals surface area (Å²) in [5.74, 6) is 0.0186. The lowest BCUT2D eigenvalue weighted by molar-refractivity contribution is -0.140. The fourth-order valence-corrected chi connectivity index (χ4v) is 2.53. The van der Waals surface area contributed by atoms with E-state index in [0.29, 0.717) is 17.1 Å². The minimum Gasteiger partial charge on any atom is -0.493 e. The monoisotopic (exact) mass is 376 g/mol. The molecule has 1 saturated heterocycles. The molecule has 27 heavy (non-hydrogen) atoms.